The Balaban J connectivity index is 2.27. The van der Waals surface area contributed by atoms with E-state index in [0.29, 0.717) is 13.2 Å². The average Bonchev–Trinajstić information content (AvgIpc) is 2.60. The van der Waals surface area contributed by atoms with Crippen molar-refractivity contribution < 1.29 is 27.9 Å². The number of carbonyl (C=O) groups excluding carboxylic acids is 3. The fourth-order valence-corrected chi connectivity index (χ4v) is 2.53. The van der Waals surface area contributed by atoms with Crippen molar-refractivity contribution in [2.45, 2.75) is 19.4 Å². The zero-order valence-corrected chi connectivity index (χ0v) is 14.1. The van der Waals surface area contributed by atoms with Crippen LogP contribution in [0, 0.1) is 0 Å². The van der Waals surface area contributed by atoms with Gasteiger partial charge in [0.2, 0.25) is 5.91 Å². The van der Waals surface area contributed by atoms with E-state index in [9.17, 15) is 23.2 Å². The third kappa shape index (κ3) is 4.52. The second-order valence-corrected chi connectivity index (χ2v) is 5.55. The molecule has 2 rings (SSSR count). The van der Waals surface area contributed by atoms with Crippen molar-refractivity contribution in [3.05, 3.63) is 23.8 Å². The molecule has 0 saturated carbocycles. The predicted octanol–water partition coefficient (Wildman–Crippen LogP) is 0.389. The molecule has 1 aliphatic rings. The zero-order chi connectivity index (χ0) is 19.3. The molecule has 1 saturated heterocycles. The van der Waals surface area contributed by atoms with Crippen LogP contribution in [0.25, 0.3) is 0 Å². The smallest absolute Gasteiger partial charge is 0.265 e. The number of nitrogens with one attached hydrogen (secondary N) is 2. The Kier molecular flexibility index (Phi) is 6.58. The number of amides is 3. The highest BCUT2D eigenvalue weighted by Gasteiger charge is 2.26. The van der Waals surface area contributed by atoms with Gasteiger partial charge in [-0.05, 0) is 24.7 Å². The third-order valence-corrected chi connectivity index (χ3v) is 3.78. The molecule has 0 unspecified atom stereocenters. The molecule has 0 bridgehead atoms. The number of likely N-dealkylation sites (N-methyl/N-ethyl adjacent to an activating group) is 1. The summed E-state index contributed by atoms with van der Waals surface area (Å²) in [6, 6.07) is 2.50. The Morgan fingerprint density at radius 1 is 1.38 bits per heavy atom. The summed E-state index contributed by atoms with van der Waals surface area (Å²) in [5, 5.41) is 4.87. The molecule has 1 aromatic carbocycles. The molecule has 1 fully saturated rings. The molecule has 1 aliphatic heterocycles. The highest BCUT2D eigenvalue weighted by molar-refractivity contribution is 6.10. The van der Waals surface area contributed by atoms with Gasteiger partial charge in [0.1, 0.15) is 6.61 Å². The van der Waals surface area contributed by atoms with Crippen LogP contribution in [0.3, 0.4) is 0 Å². The van der Waals surface area contributed by atoms with E-state index in [-0.39, 0.29) is 30.4 Å². The van der Waals surface area contributed by atoms with Crippen LogP contribution in [-0.2, 0) is 19.1 Å². The molecule has 26 heavy (non-hydrogen) atoms. The average molecular weight is 370 g/mol. The number of ether oxygens (including phenoxy) is 1. The summed E-state index contributed by atoms with van der Waals surface area (Å²) in [6.07, 6.45) is -2.90. The van der Waals surface area contributed by atoms with E-state index in [1.165, 1.54) is 17.0 Å². The van der Waals surface area contributed by atoms with Crippen LogP contribution < -0.4 is 21.3 Å². The minimum absolute atomic E-state index is 0.120. The summed E-state index contributed by atoms with van der Waals surface area (Å²) in [6.45, 7) is 2.39. The molecule has 8 nitrogen and oxygen atoms in total. The maximum atomic E-state index is 13.4. The van der Waals surface area contributed by atoms with E-state index >= 15 is 0 Å². The molecule has 1 atom stereocenters. The van der Waals surface area contributed by atoms with Crippen molar-refractivity contribution in [3.63, 3.8) is 0 Å². The lowest BCUT2D eigenvalue weighted by atomic mass is 10.1. The van der Waals surface area contributed by atoms with Crippen molar-refractivity contribution in [3.8, 4) is 0 Å². The molecule has 3 amide bonds. The summed E-state index contributed by atoms with van der Waals surface area (Å²) in [5.74, 6) is -2.09. The molecule has 0 radical (unpaired) electrons. The monoisotopic (exact) mass is 370 g/mol. The summed E-state index contributed by atoms with van der Waals surface area (Å²) in [5.41, 5.74) is 4.81. The molecule has 0 spiro atoms. The van der Waals surface area contributed by atoms with E-state index in [1.54, 1.807) is 6.92 Å². The summed E-state index contributed by atoms with van der Waals surface area (Å²) < 4.78 is 31.9. The van der Waals surface area contributed by atoms with Crippen LogP contribution in [0.1, 0.15) is 18.9 Å². The number of halogens is 2. The van der Waals surface area contributed by atoms with E-state index in [0.717, 1.165) is 6.07 Å². The lowest BCUT2D eigenvalue weighted by Crippen LogP contribution is -2.49. The quantitative estimate of drug-likeness (QED) is 0.601. The Morgan fingerprint density at radius 2 is 2.12 bits per heavy atom. The second kappa shape index (κ2) is 8.68. The van der Waals surface area contributed by atoms with Gasteiger partial charge < -0.3 is 20.7 Å². The SMILES string of the molecule is CCN[C@H](C(N)=O)C(=O)Nc1ccc(N2CCOCC2=O)cc1C(F)F. The number of morpholine rings is 1. The van der Waals surface area contributed by atoms with Crippen molar-refractivity contribution in [1.82, 2.24) is 5.32 Å². The normalized spacial score (nSPS) is 15.8. The van der Waals surface area contributed by atoms with Crippen LogP contribution in [0.5, 0.6) is 0 Å². The molecule has 10 heteroatoms. The number of benzene rings is 1. The van der Waals surface area contributed by atoms with E-state index in [1.807, 2.05) is 0 Å². The highest BCUT2D eigenvalue weighted by atomic mass is 19.3. The van der Waals surface area contributed by atoms with Crippen LogP contribution in [0.15, 0.2) is 18.2 Å². The molecule has 1 heterocycles. The number of hydrogen-bond acceptors (Lipinski definition) is 5. The van der Waals surface area contributed by atoms with Gasteiger partial charge in [-0.1, -0.05) is 6.92 Å². The molecule has 0 aliphatic carbocycles. The van der Waals surface area contributed by atoms with Crippen LogP contribution in [0.2, 0.25) is 0 Å². The van der Waals surface area contributed by atoms with Gasteiger partial charge in [0, 0.05) is 23.5 Å². The van der Waals surface area contributed by atoms with Gasteiger partial charge in [0.05, 0.1) is 6.61 Å². The van der Waals surface area contributed by atoms with Gasteiger partial charge in [-0.25, -0.2) is 8.78 Å². The van der Waals surface area contributed by atoms with Gasteiger partial charge in [-0.2, -0.15) is 0 Å². The number of hydrogen-bond donors (Lipinski definition) is 3. The first kappa shape index (κ1) is 19.7. The van der Waals surface area contributed by atoms with Gasteiger partial charge in [0.15, 0.2) is 6.04 Å². The predicted molar refractivity (Wildman–Crippen MR) is 89.9 cm³/mol. The number of nitrogens with zero attached hydrogens (tertiary/aromatic N) is 1. The number of carbonyl (C=O) groups is 3. The van der Waals surface area contributed by atoms with Crippen molar-refractivity contribution >= 4 is 29.1 Å². The topological polar surface area (TPSA) is 114 Å². The standard InChI is InChI=1S/C16H20F2N4O4/c1-2-20-13(15(19)24)16(25)21-11-4-3-9(7-10(11)14(17)18)22-5-6-26-8-12(22)23/h3-4,7,13-14,20H,2,5-6,8H2,1H3,(H2,19,24)(H,21,25)/t13-/m1/s1. The molecular weight excluding hydrogens is 350 g/mol. The van der Waals surface area contributed by atoms with Gasteiger partial charge >= 0.3 is 0 Å². The largest absolute Gasteiger partial charge is 0.370 e. The van der Waals surface area contributed by atoms with Gasteiger partial charge in [-0.3, -0.25) is 19.7 Å². The summed E-state index contributed by atoms with van der Waals surface area (Å²) in [4.78, 5) is 36.7. The fourth-order valence-electron chi connectivity index (χ4n) is 2.53. The number of alkyl halides is 2. The van der Waals surface area contributed by atoms with Crippen molar-refractivity contribution in [2.75, 3.05) is 36.5 Å². The second-order valence-electron chi connectivity index (χ2n) is 5.55. The number of anilines is 2. The van der Waals surface area contributed by atoms with Gasteiger partial charge in [0.25, 0.3) is 18.2 Å². The van der Waals surface area contributed by atoms with E-state index < -0.39 is 29.8 Å². The molecule has 0 aromatic heterocycles. The Bertz CT molecular complexity index is 699. The van der Waals surface area contributed by atoms with E-state index in [4.69, 9.17) is 10.5 Å². The Hall–Kier alpha value is -2.59. The molecular formula is C16H20F2N4O4. The maximum Gasteiger partial charge on any atom is 0.265 e. The molecule has 4 N–H and O–H groups in total. The van der Waals surface area contributed by atoms with E-state index in [2.05, 4.69) is 10.6 Å². The zero-order valence-electron chi connectivity index (χ0n) is 14.1. The Labute approximate surface area is 148 Å². The number of nitrogens with two attached hydrogens (primary N) is 1. The number of rotatable bonds is 7. The minimum Gasteiger partial charge on any atom is -0.370 e. The van der Waals surface area contributed by atoms with Crippen LogP contribution in [-0.4, -0.2) is 50.1 Å². The minimum atomic E-state index is -2.90. The number of primary amides is 1. The van der Waals surface area contributed by atoms with Crippen LogP contribution in [0.4, 0.5) is 20.2 Å². The first-order valence-electron chi connectivity index (χ1n) is 7.99. The molecule has 1 aromatic rings. The summed E-state index contributed by atoms with van der Waals surface area (Å²) in [7, 11) is 0. The molecule has 142 valence electrons. The lowest BCUT2D eigenvalue weighted by molar-refractivity contribution is -0.128. The fraction of sp³-hybridized carbons (Fsp3) is 0.438. The summed E-state index contributed by atoms with van der Waals surface area (Å²) >= 11 is 0. The highest BCUT2D eigenvalue weighted by Crippen LogP contribution is 2.31. The first-order valence-corrected chi connectivity index (χ1v) is 7.99. The van der Waals surface area contributed by atoms with Gasteiger partial charge in [-0.15, -0.1) is 0 Å². The third-order valence-electron chi connectivity index (χ3n) is 3.78. The van der Waals surface area contributed by atoms with Crippen LogP contribution >= 0.6 is 0 Å². The van der Waals surface area contributed by atoms with Crippen molar-refractivity contribution in [1.29, 1.82) is 0 Å². The maximum absolute atomic E-state index is 13.4. The Morgan fingerprint density at radius 3 is 2.69 bits per heavy atom. The van der Waals surface area contributed by atoms with Crippen molar-refractivity contribution in [2.24, 2.45) is 5.73 Å². The lowest BCUT2D eigenvalue weighted by Gasteiger charge is -2.27. The first-order chi connectivity index (χ1) is 12.3.